The van der Waals surface area contributed by atoms with Crippen molar-refractivity contribution in [2.75, 3.05) is 18.4 Å². The lowest BCUT2D eigenvalue weighted by molar-refractivity contribution is 0.260. The number of hydrogen-bond acceptors (Lipinski definition) is 3. The van der Waals surface area contributed by atoms with Gasteiger partial charge in [-0.2, -0.15) is 0 Å². The van der Waals surface area contributed by atoms with Crippen LogP contribution in [0.3, 0.4) is 0 Å². The van der Waals surface area contributed by atoms with Gasteiger partial charge in [0, 0.05) is 30.9 Å². The molecule has 94 valence electrons. The fraction of sp³-hybridized carbons (Fsp3) is 0.643. The molecule has 1 saturated heterocycles. The summed E-state index contributed by atoms with van der Waals surface area (Å²) in [6.07, 6.45) is 5.67. The van der Waals surface area contributed by atoms with Gasteiger partial charge in [-0.25, -0.2) is 4.98 Å². The van der Waals surface area contributed by atoms with Crippen molar-refractivity contribution < 1.29 is 0 Å². The van der Waals surface area contributed by atoms with Crippen LogP contribution in [0.1, 0.15) is 38.7 Å². The zero-order valence-corrected chi connectivity index (χ0v) is 10.9. The van der Waals surface area contributed by atoms with Crippen molar-refractivity contribution in [1.82, 2.24) is 9.88 Å². The Labute approximate surface area is 104 Å². The van der Waals surface area contributed by atoms with Gasteiger partial charge in [0.2, 0.25) is 0 Å². The first-order chi connectivity index (χ1) is 8.31. The number of hydrogen-bond donors (Lipinski definition) is 1. The van der Waals surface area contributed by atoms with Crippen molar-refractivity contribution in [1.29, 1.82) is 0 Å². The van der Waals surface area contributed by atoms with E-state index < -0.39 is 0 Å². The molecule has 0 radical (unpaired) electrons. The molecule has 0 aliphatic carbocycles. The van der Waals surface area contributed by atoms with Gasteiger partial charge < -0.3 is 5.32 Å². The van der Waals surface area contributed by atoms with Crippen molar-refractivity contribution in [3.8, 4) is 0 Å². The smallest absolute Gasteiger partial charge is 0.130 e. The molecule has 1 aliphatic heterocycles. The molecule has 0 amide bonds. The highest BCUT2D eigenvalue weighted by molar-refractivity contribution is 5.43. The standard InChI is InChI=1S/C14H23N3/c1-3-8-15-14-13(7-4-9-16-14)11-17-10-5-6-12(17)2/h4,7,9,12H,3,5-6,8,10-11H2,1-2H3,(H,15,16). The lowest BCUT2D eigenvalue weighted by Crippen LogP contribution is -2.26. The van der Waals surface area contributed by atoms with Crippen molar-refractivity contribution in [3.05, 3.63) is 23.9 Å². The normalized spacial score (nSPS) is 20.7. The molecule has 2 heterocycles. The molecule has 0 aromatic carbocycles. The molecule has 1 aromatic heterocycles. The first-order valence-electron chi connectivity index (χ1n) is 6.73. The Morgan fingerprint density at radius 1 is 1.53 bits per heavy atom. The molecule has 3 heteroatoms. The Morgan fingerprint density at radius 2 is 2.41 bits per heavy atom. The number of nitrogens with one attached hydrogen (secondary N) is 1. The highest BCUT2D eigenvalue weighted by Gasteiger charge is 2.20. The van der Waals surface area contributed by atoms with Gasteiger partial charge in [0.25, 0.3) is 0 Å². The molecule has 0 spiro atoms. The van der Waals surface area contributed by atoms with E-state index in [2.05, 4.69) is 35.1 Å². The minimum atomic E-state index is 0.717. The minimum Gasteiger partial charge on any atom is -0.370 e. The average Bonchev–Trinajstić information content (AvgIpc) is 2.74. The Kier molecular flexibility index (Phi) is 4.37. The first kappa shape index (κ1) is 12.4. The molecular weight excluding hydrogens is 210 g/mol. The maximum atomic E-state index is 4.45. The lowest BCUT2D eigenvalue weighted by Gasteiger charge is -2.22. The van der Waals surface area contributed by atoms with Gasteiger partial charge in [-0.1, -0.05) is 13.0 Å². The Morgan fingerprint density at radius 3 is 3.12 bits per heavy atom. The van der Waals surface area contributed by atoms with Crippen LogP contribution in [0.2, 0.25) is 0 Å². The Hall–Kier alpha value is -1.09. The molecule has 1 aromatic rings. The summed E-state index contributed by atoms with van der Waals surface area (Å²) in [6, 6.07) is 4.94. The lowest BCUT2D eigenvalue weighted by atomic mass is 10.2. The van der Waals surface area contributed by atoms with Crippen molar-refractivity contribution in [2.24, 2.45) is 0 Å². The van der Waals surface area contributed by atoms with E-state index in [0.717, 1.165) is 25.3 Å². The second kappa shape index (κ2) is 6.01. The summed E-state index contributed by atoms with van der Waals surface area (Å²) in [6.45, 7) is 7.75. The zero-order chi connectivity index (χ0) is 12.1. The molecule has 1 aliphatic rings. The van der Waals surface area contributed by atoms with Gasteiger partial charge in [-0.05, 0) is 38.8 Å². The van der Waals surface area contributed by atoms with Crippen LogP contribution in [0.4, 0.5) is 5.82 Å². The second-order valence-electron chi connectivity index (χ2n) is 4.90. The van der Waals surface area contributed by atoms with Gasteiger partial charge in [0.15, 0.2) is 0 Å². The van der Waals surface area contributed by atoms with E-state index in [0.29, 0.717) is 6.04 Å². The van der Waals surface area contributed by atoms with Crippen LogP contribution in [-0.4, -0.2) is 29.0 Å². The van der Waals surface area contributed by atoms with Crippen LogP contribution in [0.5, 0.6) is 0 Å². The molecular formula is C14H23N3. The fourth-order valence-electron chi connectivity index (χ4n) is 2.42. The van der Waals surface area contributed by atoms with Crippen LogP contribution in [-0.2, 0) is 6.54 Å². The number of anilines is 1. The van der Waals surface area contributed by atoms with Gasteiger partial charge in [0.05, 0.1) is 0 Å². The summed E-state index contributed by atoms with van der Waals surface area (Å²) < 4.78 is 0. The maximum absolute atomic E-state index is 4.45. The van der Waals surface area contributed by atoms with E-state index in [1.807, 2.05) is 12.3 Å². The zero-order valence-electron chi connectivity index (χ0n) is 10.9. The summed E-state index contributed by atoms with van der Waals surface area (Å²) in [7, 11) is 0. The molecule has 1 atom stereocenters. The van der Waals surface area contributed by atoms with Gasteiger partial charge in [-0.15, -0.1) is 0 Å². The van der Waals surface area contributed by atoms with Crippen LogP contribution in [0, 0.1) is 0 Å². The van der Waals surface area contributed by atoms with E-state index in [1.54, 1.807) is 0 Å². The summed E-state index contributed by atoms with van der Waals surface area (Å²) in [5.74, 6) is 1.06. The number of likely N-dealkylation sites (tertiary alicyclic amines) is 1. The van der Waals surface area contributed by atoms with E-state index in [-0.39, 0.29) is 0 Å². The molecule has 1 N–H and O–H groups in total. The van der Waals surface area contributed by atoms with E-state index in [9.17, 15) is 0 Å². The van der Waals surface area contributed by atoms with Crippen LogP contribution < -0.4 is 5.32 Å². The third-order valence-corrected chi connectivity index (χ3v) is 3.50. The van der Waals surface area contributed by atoms with E-state index in [1.165, 1.54) is 24.9 Å². The molecule has 17 heavy (non-hydrogen) atoms. The molecule has 0 saturated carbocycles. The Bertz CT molecular complexity index is 351. The Balaban J connectivity index is 2.03. The highest BCUT2D eigenvalue weighted by atomic mass is 15.2. The SMILES string of the molecule is CCCNc1ncccc1CN1CCCC1C. The van der Waals surface area contributed by atoms with Gasteiger partial charge in [-0.3, -0.25) is 4.90 Å². The summed E-state index contributed by atoms with van der Waals surface area (Å²) in [5.41, 5.74) is 1.33. The number of aromatic nitrogens is 1. The van der Waals surface area contributed by atoms with E-state index in [4.69, 9.17) is 0 Å². The van der Waals surface area contributed by atoms with Crippen molar-refractivity contribution >= 4 is 5.82 Å². The number of rotatable bonds is 5. The molecule has 3 nitrogen and oxygen atoms in total. The predicted molar refractivity (Wildman–Crippen MR) is 72.1 cm³/mol. The van der Waals surface area contributed by atoms with E-state index >= 15 is 0 Å². The van der Waals surface area contributed by atoms with Crippen LogP contribution in [0.15, 0.2) is 18.3 Å². The van der Waals surface area contributed by atoms with Crippen LogP contribution >= 0.6 is 0 Å². The van der Waals surface area contributed by atoms with Gasteiger partial charge >= 0.3 is 0 Å². The number of nitrogens with zero attached hydrogens (tertiary/aromatic N) is 2. The number of pyridine rings is 1. The highest BCUT2D eigenvalue weighted by Crippen LogP contribution is 2.22. The molecule has 2 rings (SSSR count). The van der Waals surface area contributed by atoms with Gasteiger partial charge in [0.1, 0.15) is 5.82 Å². The summed E-state index contributed by atoms with van der Waals surface area (Å²) in [5, 5.41) is 3.41. The predicted octanol–water partition coefficient (Wildman–Crippen LogP) is 2.89. The third-order valence-electron chi connectivity index (χ3n) is 3.50. The topological polar surface area (TPSA) is 28.2 Å². The van der Waals surface area contributed by atoms with Crippen LogP contribution in [0.25, 0.3) is 0 Å². The average molecular weight is 233 g/mol. The summed E-state index contributed by atoms with van der Waals surface area (Å²) >= 11 is 0. The largest absolute Gasteiger partial charge is 0.370 e. The van der Waals surface area contributed by atoms with Crippen molar-refractivity contribution in [3.63, 3.8) is 0 Å². The molecule has 1 unspecified atom stereocenters. The maximum Gasteiger partial charge on any atom is 0.130 e. The molecule has 1 fully saturated rings. The quantitative estimate of drug-likeness (QED) is 0.847. The monoisotopic (exact) mass is 233 g/mol. The second-order valence-corrected chi connectivity index (χ2v) is 4.90. The third kappa shape index (κ3) is 3.19. The molecule has 0 bridgehead atoms. The minimum absolute atomic E-state index is 0.717. The summed E-state index contributed by atoms with van der Waals surface area (Å²) in [4.78, 5) is 7.00. The fourth-order valence-corrected chi connectivity index (χ4v) is 2.42. The first-order valence-corrected chi connectivity index (χ1v) is 6.73. The van der Waals surface area contributed by atoms with Crippen molar-refractivity contribution in [2.45, 2.75) is 45.7 Å².